The molecule has 0 spiro atoms. The van der Waals surface area contributed by atoms with Crippen LogP contribution in [-0.2, 0) is 20.9 Å². The van der Waals surface area contributed by atoms with Crippen molar-refractivity contribution in [3.8, 4) is 11.4 Å². The summed E-state index contributed by atoms with van der Waals surface area (Å²) in [6.45, 7) is 1.74. The third-order valence-electron chi connectivity index (χ3n) is 5.45. The highest BCUT2D eigenvalue weighted by atomic mass is 19.4. The first kappa shape index (κ1) is 28.9. The Morgan fingerprint density at radius 3 is 2.28 bits per heavy atom. The number of nitrogens with zero attached hydrogens (tertiary/aromatic N) is 4. The summed E-state index contributed by atoms with van der Waals surface area (Å²) in [5.41, 5.74) is -1.19. The second kappa shape index (κ2) is 11.8. The summed E-state index contributed by atoms with van der Waals surface area (Å²) in [7, 11) is 1.06. The summed E-state index contributed by atoms with van der Waals surface area (Å²) in [5, 5.41) is 2.03. The van der Waals surface area contributed by atoms with Gasteiger partial charge in [-0.05, 0) is 42.3 Å². The second-order valence-electron chi connectivity index (χ2n) is 8.51. The molecule has 1 unspecified atom stereocenters. The van der Waals surface area contributed by atoms with E-state index in [0.29, 0.717) is 0 Å². The van der Waals surface area contributed by atoms with Crippen LogP contribution in [0.3, 0.4) is 0 Å². The SMILES string of the molecule is COC(=O)N(c1ccccn1)c1cnc(-c2ccc(F)cc2)n(CC(=O)NC(C(=O)C(F)(F)F)C(C)C)c1=O. The van der Waals surface area contributed by atoms with Crippen molar-refractivity contribution in [1.29, 1.82) is 0 Å². The zero-order valence-electron chi connectivity index (χ0n) is 20.9. The lowest BCUT2D eigenvalue weighted by molar-refractivity contribution is -0.174. The number of methoxy groups -OCH3 is 1. The normalized spacial score (nSPS) is 12.1. The van der Waals surface area contributed by atoms with Crippen LogP contribution in [-0.4, -0.2) is 51.6 Å². The Labute approximate surface area is 219 Å². The van der Waals surface area contributed by atoms with Crippen LogP contribution < -0.4 is 15.8 Å². The smallest absolute Gasteiger partial charge is 0.452 e. The minimum Gasteiger partial charge on any atom is -0.452 e. The van der Waals surface area contributed by atoms with Crippen molar-refractivity contribution in [3.63, 3.8) is 0 Å². The van der Waals surface area contributed by atoms with E-state index in [2.05, 4.69) is 9.97 Å². The Bertz CT molecular complexity index is 1410. The van der Waals surface area contributed by atoms with Crippen molar-refractivity contribution < 1.29 is 36.7 Å². The molecule has 0 aliphatic carbocycles. The molecule has 2 amide bonds. The Morgan fingerprint density at radius 1 is 1.08 bits per heavy atom. The van der Waals surface area contributed by atoms with Crippen LogP contribution in [0.1, 0.15) is 13.8 Å². The maximum Gasteiger partial charge on any atom is 0.452 e. The van der Waals surface area contributed by atoms with Gasteiger partial charge < -0.3 is 10.1 Å². The van der Waals surface area contributed by atoms with Gasteiger partial charge in [0.25, 0.3) is 11.3 Å². The quantitative estimate of drug-likeness (QED) is 0.426. The maximum atomic E-state index is 13.7. The van der Waals surface area contributed by atoms with Gasteiger partial charge in [-0.25, -0.2) is 24.1 Å². The van der Waals surface area contributed by atoms with Crippen LogP contribution in [0.15, 0.2) is 59.7 Å². The van der Waals surface area contributed by atoms with Gasteiger partial charge in [-0.2, -0.15) is 13.2 Å². The number of halogens is 4. The fraction of sp³-hybridized carbons (Fsp3) is 0.280. The fourth-order valence-corrected chi connectivity index (χ4v) is 3.58. The van der Waals surface area contributed by atoms with E-state index in [-0.39, 0.29) is 17.2 Å². The summed E-state index contributed by atoms with van der Waals surface area (Å²) in [4.78, 5) is 60.0. The lowest BCUT2D eigenvalue weighted by Crippen LogP contribution is -2.51. The molecule has 1 atom stereocenters. The number of amides is 2. The highest BCUT2D eigenvalue weighted by Crippen LogP contribution is 2.24. The first-order valence-electron chi connectivity index (χ1n) is 11.4. The molecule has 206 valence electrons. The van der Waals surface area contributed by atoms with E-state index in [4.69, 9.17) is 4.74 Å². The van der Waals surface area contributed by atoms with E-state index in [1.165, 1.54) is 44.3 Å². The zero-order chi connectivity index (χ0) is 28.9. The van der Waals surface area contributed by atoms with E-state index in [1.807, 2.05) is 5.32 Å². The number of rotatable bonds is 8. The first-order chi connectivity index (χ1) is 18.3. The van der Waals surface area contributed by atoms with Crippen molar-refractivity contribution in [1.82, 2.24) is 19.9 Å². The Morgan fingerprint density at radius 2 is 1.74 bits per heavy atom. The van der Waals surface area contributed by atoms with Crippen molar-refractivity contribution >= 4 is 29.3 Å². The maximum absolute atomic E-state index is 13.7. The van der Waals surface area contributed by atoms with Crippen molar-refractivity contribution in [2.24, 2.45) is 5.92 Å². The van der Waals surface area contributed by atoms with Crippen LogP contribution in [0.25, 0.3) is 11.4 Å². The number of aromatic nitrogens is 3. The predicted molar refractivity (Wildman–Crippen MR) is 131 cm³/mol. The Kier molecular flexibility index (Phi) is 8.78. The first-order valence-corrected chi connectivity index (χ1v) is 11.4. The molecule has 0 bridgehead atoms. The topological polar surface area (TPSA) is 123 Å². The number of hydrogen-bond donors (Lipinski definition) is 1. The summed E-state index contributed by atoms with van der Waals surface area (Å²) < 4.78 is 58.3. The zero-order valence-corrected chi connectivity index (χ0v) is 20.9. The van der Waals surface area contributed by atoms with Gasteiger partial charge in [-0.3, -0.25) is 19.0 Å². The van der Waals surface area contributed by atoms with E-state index in [9.17, 15) is 36.7 Å². The molecule has 0 radical (unpaired) electrons. The number of ether oxygens (including phenoxy) is 1. The van der Waals surface area contributed by atoms with Gasteiger partial charge in [-0.1, -0.05) is 19.9 Å². The highest BCUT2D eigenvalue weighted by Gasteiger charge is 2.45. The average Bonchev–Trinajstić information content (AvgIpc) is 2.89. The number of carbonyl (C=O) groups excluding carboxylic acids is 3. The summed E-state index contributed by atoms with van der Waals surface area (Å²) in [6.07, 6.45) is -3.86. The molecular weight excluding hydrogens is 526 g/mol. The second-order valence-corrected chi connectivity index (χ2v) is 8.51. The van der Waals surface area contributed by atoms with E-state index >= 15 is 0 Å². The number of carbonyl (C=O) groups is 3. The lowest BCUT2D eigenvalue weighted by atomic mass is 9.99. The van der Waals surface area contributed by atoms with Crippen molar-refractivity contribution in [3.05, 3.63) is 71.0 Å². The van der Waals surface area contributed by atoms with Crippen LogP contribution in [0.2, 0.25) is 0 Å². The number of benzene rings is 1. The highest BCUT2D eigenvalue weighted by molar-refractivity contribution is 5.95. The van der Waals surface area contributed by atoms with Gasteiger partial charge in [0.1, 0.15) is 29.7 Å². The van der Waals surface area contributed by atoms with Gasteiger partial charge >= 0.3 is 12.3 Å². The number of pyridine rings is 1. The largest absolute Gasteiger partial charge is 0.452 e. The molecular formula is C25H23F4N5O5. The third-order valence-corrected chi connectivity index (χ3v) is 5.45. The molecule has 3 aromatic rings. The predicted octanol–water partition coefficient (Wildman–Crippen LogP) is 3.62. The summed E-state index contributed by atoms with van der Waals surface area (Å²) in [6, 6.07) is 7.27. The van der Waals surface area contributed by atoms with Gasteiger partial charge in [0.2, 0.25) is 5.91 Å². The number of alkyl halides is 3. The van der Waals surface area contributed by atoms with Gasteiger partial charge in [0, 0.05) is 11.8 Å². The molecule has 0 saturated heterocycles. The molecule has 0 aliphatic rings. The molecule has 39 heavy (non-hydrogen) atoms. The van der Waals surface area contributed by atoms with E-state index in [0.717, 1.165) is 34.9 Å². The van der Waals surface area contributed by atoms with Crippen LogP contribution in [0, 0.1) is 11.7 Å². The lowest BCUT2D eigenvalue weighted by Gasteiger charge is -2.24. The molecule has 3 rings (SSSR count). The molecule has 2 aromatic heterocycles. The molecule has 0 saturated carbocycles. The minimum atomic E-state index is -5.20. The number of Topliss-reactive ketones (excluding diaryl/α,β-unsaturated/α-hetero) is 1. The number of nitrogens with one attached hydrogen (secondary N) is 1. The van der Waals surface area contributed by atoms with Crippen LogP contribution in [0.5, 0.6) is 0 Å². The van der Waals surface area contributed by atoms with Gasteiger partial charge in [-0.15, -0.1) is 0 Å². The Balaban J connectivity index is 2.13. The number of hydrogen-bond acceptors (Lipinski definition) is 7. The third kappa shape index (κ3) is 6.64. The molecule has 0 fully saturated rings. The molecule has 1 aromatic carbocycles. The molecule has 10 nitrogen and oxygen atoms in total. The van der Waals surface area contributed by atoms with Gasteiger partial charge in [0.05, 0.1) is 19.3 Å². The minimum absolute atomic E-state index is 0.0237. The number of ketones is 1. The van der Waals surface area contributed by atoms with Crippen LogP contribution >= 0.6 is 0 Å². The standard InChI is InChI=1S/C25H23F4N5O5/c1-14(2)20(21(36)25(27,28)29)32-19(35)13-33-22(15-7-9-16(26)10-8-15)31-12-17(23(33)37)34(24(38)39-3)18-6-4-5-11-30-18/h4-12,14,20H,13H2,1-3H3,(H,32,35). The molecule has 14 heteroatoms. The molecule has 2 heterocycles. The summed E-state index contributed by atoms with van der Waals surface area (Å²) in [5.74, 6) is -4.98. The molecule has 0 aliphatic heterocycles. The molecule has 1 N–H and O–H groups in total. The monoisotopic (exact) mass is 549 g/mol. The summed E-state index contributed by atoms with van der Waals surface area (Å²) >= 11 is 0. The van der Waals surface area contributed by atoms with Crippen molar-refractivity contribution in [2.75, 3.05) is 12.0 Å². The Hall–Kier alpha value is -4.62. The fourth-order valence-electron chi connectivity index (χ4n) is 3.58. The number of anilines is 2. The van der Waals surface area contributed by atoms with Crippen LogP contribution in [0.4, 0.5) is 33.9 Å². The van der Waals surface area contributed by atoms with E-state index < -0.39 is 59.5 Å². The van der Waals surface area contributed by atoms with Crippen molar-refractivity contribution in [2.45, 2.75) is 32.6 Å². The van der Waals surface area contributed by atoms with E-state index in [1.54, 1.807) is 6.07 Å². The average molecular weight is 549 g/mol. The van der Waals surface area contributed by atoms with Gasteiger partial charge in [0.15, 0.2) is 0 Å².